The van der Waals surface area contributed by atoms with Crippen molar-refractivity contribution in [1.82, 2.24) is 0 Å². The van der Waals surface area contributed by atoms with Crippen LogP contribution in [0.5, 0.6) is 0 Å². The van der Waals surface area contributed by atoms with Gasteiger partial charge in [0.15, 0.2) is 0 Å². The lowest BCUT2D eigenvalue weighted by atomic mass is 9.93. The third-order valence-corrected chi connectivity index (χ3v) is 3.98. The van der Waals surface area contributed by atoms with Gasteiger partial charge in [-0.05, 0) is 42.2 Å². The molecule has 1 aromatic rings. The first-order chi connectivity index (χ1) is 8.61. The molecule has 18 heavy (non-hydrogen) atoms. The predicted molar refractivity (Wildman–Crippen MR) is 72.7 cm³/mol. The molecule has 1 N–H and O–H groups in total. The Balaban J connectivity index is 1.89. The number of aliphatic carboxylic acids is 1. The fourth-order valence-corrected chi connectivity index (χ4v) is 2.70. The van der Waals surface area contributed by atoms with Crippen molar-refractivity contribution < 1.29 is 9.90 Å². The number of carbonyl (C=O) groups is 1. The fourth-order valence-electron chi connectivity index (χ4n) is 2.70. The molecule has 1 saturated carbocycles. The molecule has 0 bridgehead atoms. The lowest BCUT2D eigenvalue weighted by Gasteiger charge is -2.12. The minimum absolute atomic E-state index is 0.0770. The van der Waals surface area contributed by atoms with Crippen molar-refractivity contribution in [1.29, 1.82) is 0 Å². The summed E-state index contributed by atoms with van der Waals surface area (Å²) < 4.78 is 0. The number of aryl methyl sites for hydroxylation is 1. The van der Waals surface area contributed by atoms with E-state index in [1.807, 2.05) is 0 Å². The van der Waals surface area contributed by atoms with Crippen LogP contribution in [0.1, 0.15) is 50.2 Å². The van der Waals surface area contributed by atoms with Gasteiger partial charge in [0.2, 0.25) is 0 Å². The van der Waals surface area contributed by atoms with E-state index in [0.717, 1.165) is 19.3 Å². The van der Waals surface area contributed by atoms with Gasteiger partial charge in [0.25, 0.3) is 0 Å². The summed E-state index contributed by atoms with van der Waals surface area (Å²) in [7, 11) is 0. The number of carboxylic acids is 1. The van der Waals surface area contributed by atoms with Crippen molar-refractivity contribution in [2.45, 2.75) is 45.4 Å². The van der Waals surface area contributed by atoms with Crippen molar-refractivity contribution >= 4 is 5.97 Å². The average Bonchev–Trinajstić information content (AvgIpc) is 3.10. The SMILES string of the molecule is CCCc1ccc(C(C)CC2CC2C(=O)O)cc1. The van der Waals surface area contributed by atoms with Crippen LogP contribution in [0.4, 0.5) is 0 Å². The van der Waals surface area contributed by atoms with Gasteiger partial charge in [0.05, 0.1) is 5.92 Å². The first-order valence-corrected chi connectivity index (χ1v) is 6.93. The molecule has 1 aromatic carbocycles. The zero-order valence-corrected chi connectivity index (χ0v) is 11.2. The van der Waals surface area contributed by atoms with Crippen LogP contribution in [0.2, 0.25) is 0 Å². The number of rotatable bonds is 6. The van der Waals surface area contributed by atoms with Gasteiger partial charge in [-0.25, -0.2) is 0 Å². The molecule has 0 amide bonds. The molecule has 0 spiro atoms. The van der Waals surface area contributed by atoms with Gasteiger partial charge in [-0.15, -0.1) is 0 Å². The van der Waals surface area contributed by atoms with E-state index in [0.29, 0.717) is 11.8 Å². The Labute approximate surface area is 109 Å². The van der Waals surface area contributed by atoms with E-state index in [-0.39, 0.29) is 5.92 Å². The van der Waals surface area contributed by atoms with Gasteiger partial charge in [0, 0.05) is 0 Å². The summed E-state index contributed by atoms with van der Waals surface area (Å²) in [4.78, 5) is 10.8. The summed E-state index contributed by atoms with van der Waals surface area (Å²) in [5.41, 5.74) is 2.73. The maximum atomic E-state index is 10.8. The van der Waals surface area contributed by atoms with E-state index in [1.165, 1.54) is 17.5 Å². The minimum Gasteiger partial charge on any atom is -0.481 e. The molecule has 0 saturated heterocycles. The monoisotopic (exact) mass is 246 g/mol. The summed E-state index contributed by atoms with van der Waals surface area (Å²) in [5, 5.41) is 8.90. The van der Waals surface area contributed by atoms with E-state index < -0.39 is 5.97 Å². The van der Waals surface area contributed by atoms with Gasteiger partial charge in [-0.2, -0.15) is 0 Å². The Morgan fingerprint density at radius 2 is 2.06 bits per heavy atom. The Kier molecular flexibility index (Phi) is 4.05. The van der Waals surface area contributed by atoms with Gasteiger partial charge in [0.1, 0.15) is 0 Å². The highest BCUT2D eigenvalue weighted by atomic mass is 16.4. The maximum Gasteiger partial charge on any atom is 0.306 e. The van der Waals surface area contributed by atoms with Crippen molar-refractivity contribution in [3.8, 4) is 0 Å². The molecule has 2 rings (SSSR count). The van der Waals surface area contributed by atoms with E-state index >= 15 is 0 Å². The second kappa shape index (κ2) is 5.55. The van der Waals surface area contributed by atoms with E-state index in [9.17, 15) is 4.79 Å². The number of hydrogen-bond acceptors (Lipinski definition) is 1. The van der Waals surface area contributed by atoms with Crippen LogP contribution in [0, 0.1) is 11.8 Å². The smallest absolute Gasteiger partial charge is 0.306 e. The molecule has 2 nitrogen and oxygen atoms in total. The maximum absolute atomic E-state index is 10.8. The average molecular weight is 246 g/mol. The molecule has 3 atom stereocenters. The second-order valence-electron chi connectivity index (χ2n) is 5.57. The number of hydrogen-bond donors (Lipinski definition) is 1. The second-order valence-corrected chi connectivity index (χ2v) is 5.57. The molecule has 0 aliphatic heterocycles. The summed E-state index contributed by atoms with van der Waals surface area (Å²) in [6.45, 7) is 4.39. The molecule has 1 aliphatic carbocycles. The molecule has 0 radical (unpaired) electrons. The topological polar surface area (TPSA) is 37.3 Å². The van der Waals surface area contributed by atoms with Crippen LogP contribution in [0.15, 0.2) is 24.3 Å². The Morgan fingerprint density at radius 1 is 1.39 bits per heavy atom. The van der Waals surface area contributed by atoms with Crippen LogP contribution in [0.25, 0.3) is 0 Å². The molecule has 0 aromatic heterocycles. The third-order valence-electron chi connectivity index (χ3n) is 3.98. The third kappa shape index (κ3) is 3.12. The Hall–Kier alpha value is -1.31. The van der Waals surface area contributed by atoms with Crippen molar-refractivity contribution in [3.63, 3.8) is 0 Å². The highest BCUT2D eigenvalue weighted by Crippen LogP contribution is 2.45. The standard InChI is InChI=1S/C16H22O2/c1-3-4-12-5-7-13(8-6-12)11(2)9-14-10-15(14)16(17)18/h5-8,11,14-15H,3-4,9-10H2,1-2H3,(H,17,18). The summed E-state index contributed by atoms with van der Waals surface area (Å²) in [6, 6.07) is 8.81. The van der Waals surface area contributed by atoms with Crippen LogP contribution >= 0.6 is 0 Å². The molecular weight excluding hydrogens is 224 g/mol. The van der Waals surface area contributed by atoms with Crippen LogP contribution in [-0.2, 0) is 11.2 Å². The fraction of sp³-hybridized carbons (Fsp3) is 0.562. The molecule has 0 heterocycles. The van der Waals surface area contributed by atoms with Gasteiger partial charge in [-0.1, -0.05) is 44.5 Å². The first kappa shape index (κ1) is 13.1. The molecule has 2 heteroatoms. The molecular formula is C16H22O2. The molecule has 3 unspecified atom stereocenters. The van der Waals surface area contributed by atoms with E-state index in [1.54, 1.807) is 0 Å². The molecule has 1 aliphatic rings. The molecule has 1 fully saturated rings. The highest BCUT2D eigenvalue weighted by molar-refractivity contribution is 5.73. The normalized spacial score (nSPS) is 23.7. The van der Waals surface area contributed by atoms with Crippen molar-refractivity contribution in [2.75, 3.05) is 0 Å². The summed E-state index contributed by atoms with van der Waals surface area (Å²) in [6.07, 6.45) is 4.19. The van der Waals surface area contributed by atoms with Crippen LogP contribution in [-0.4, -0.2) is 11.1 Å². The first-order valence-electron chi connectivity index (χ1n) is 6.93. The highest BCUT2D eigenvalue weighted by Gasteiger charge is 2.43. The van der Waals surface area contributed by atoms with Gasteiger partial charge < -0.3 is 5.11 Å². The zero-order valence-electron chi connectivity index (χ0n) is 11.2. The van der Waals surface area contributed by atoms with E-state index in [2.05, 4.69) is 38.1 Å². The summed E-state index contributed by atoms with van der Waals surface area (Å²) >= 11 is 0. The summed E-state index contributed by atoms with van der Waals surface area (Å²) in [5.74, 6) is 0.167. The number of carboxylic acid groups (broad SMARTS) is 1. The van der Waals surface area contributed by atoms with Crippen molar-refractivity contribution in [3.05, 3.63) is 35.4 Å². The van der Waals surface area contributed by atoms with E-state index in [4.69, 9.17) is 5.11 Å². The van der Waals surface area contributed by atoms with Crippen LogP contribution in [0.3, 0.4) is 0 Å². The lowest BCUT2D eigenvalue weighted by molar-refractivity contribution is -0.138. The minimum atomic E-state index is -0.620. The Bertz CT molecular complexity index is 408. The van der Waals surface area contributed by atoms with Gasteiger partial charge >= 0.3 is 5.97 Å². The zero-order chi connectivity index (χ0) is 13.1. The Morgan fingerprint density at radius 3 is 2.56 bits per heavy atom. The number of benzene rings is 1. The van der Waals surface area contributed by atoms with Crippen molar-refractivity contribution in [2.24, 2.45) is 11.8 Å². The largest absolute Gasteiger partial charge is 0.481 e. The van der Waals surface area contributed by atoms with Gasteiger partial charge in [-0.3, -0.25) is 4.79 Å². The quantitative estimate of drug-likeness (QED) is 0.827. The lowest BCUT2D eigenvalue weighted by Crippen LogP contribution is -2.02. The molecule has 98 valence electrons. The van der Waals surface area contributed by atoms with Crippen LogP contribution < -0.4 is 0 Å². The predicted octanol–water partition coefficient (Wildman–Crippen LogP) is 3.85.